The Labute approximate surface area is 172 Å². The van der Waals surface area contributed by atoms with Crippen molar-refractivity contribution in [3.63, 3.8) is 0 Å². The van der Waals surface area contributed by atoms with Gasteiger partial charge in [-0.15, -0.1) is 0 Å². The second-order valence-electron chi connectivity index (χ2n) is 8.01. The maximum atomic E-state index is 13.7. The van der Waals surface area contributed by atoms with Crippen molar-refractivity contribution in [1.29, 1.82) is 0 Å². The molecule has 0 saturated carbocycles. The van der Waals surface area contributed by atoms with E-state index in [-0.39, 0.29) is 17.9 Å². The van der Waals surface area contributed by atoms with Crippen LogP contribution in [-0.4, -0.2) is 80.1 Å². The number of hydrogen-bond donors (Lipinski definition) is 1. The number of nitrogens with zero attached hydrogens (tertiary/aromatic N) is 3. The Bertz CT molecular complexity index is 827. The summed E-state index contributed by atoms with van der Waals surface area (Å²) >= 11 is 0. The molecule has 1 atom stereocenters. The van der Waals surface area contributed by atoms with Crippen molar-refractivity contribution in [2.75, 3.05) is 50.8 Å². The number of anilines is 1. The van der Waals surface area contributed by atoms with Gasteiger partial charge in [-0.2, -0.15) is 4.31 Å². The molecule has 2 heterocycles. The van der Waals surface area contributed by atoms with Crippen LogP contribution in [0.5, 0.6) is 0 Å². The third-order valence-corrected chi connectivity index (χ3v) is 7.18. The van der Waals surface area contributed by atoms with Gasteiger partial charge in [0.1, 0.15) is 5.82 Å². The molecule has 1 N–H and O–H groups in total. The average Bonchev–Trinajstić information content (AvgIpc) is 3.33. The topological polar surface area (TPSA) is 73.0 Å². The van der Waals surface area contributed by atoms with Gasteiger partial charge in [0.15, 0.2) is 0 Å². The zero-order valence-corrected chi connectivity index (χ0v) is 18.0. The van der Waals surface area contributed by atoms with E-state index in [0.29, 0.717) is 37.3 Å². The SMILES string of the molecule is Cc1c(F)cccc1NC(=O)N1CC[C@H](N(CCCN2CCCC2)S(C)(=O)=O)C1. The van der Waals surface area contributed by atoms with Crippen LogP contribution < -0.4 is 5.32 Å². The monoisotopic (exact) mass is 426 g/mol. The van der Waals surface area contributed by atoms with E-state index in [2.05, 4.69) is 10.2 Å². The first-order valence-corrected chi connectivity index (χ1v) is 12.1. The van der Waals surface area contributed by atoms with Gasteiger partial charge in [0.25, 0.3) is 0 Å². The lowest BCUT2D eigenvalue weighted by atomic mass is 10.2. The molecule has 162 valence electrons. The molecule has 0 aliphatic carbocycles. The van der Waals surface area contributed by atoms with Crippen molar-refractivity contribution in [3.8, 4) is 0 Å². The number of urea groups is 1. The largest absolute Gasteiger partial charge is 0.323 e. The van der Waals surface area contributed by atoms with E-state index >= 15 is 0 Å². The summed E-state index contributed by atoms with van der Waals surface area (Å²) in [5.74, 6) is -0.372. The molecule has 0 radical (unpaired) electrons. The normalized spacial score (nSPS) is 20.6. The molecule has 2 amide bonds. The summed E-state index contributed by atoms with van der Waals surface area (Å²) in [6.45, 7) is 6.00. The maximum absolute atomic E-state index is 13.7. The van der Waals surface area contributed by atoms with Crippen LogP contribution in [0.1, 0.15) is 31.2 Å². The first-order chi connectivity index (χ1) is 13.8. The summed E-state index contributed by atoms with van der Waals surface area (Å²) in [5, 5.41) is 2.74. The number of hydrogen-bond acceptors (Lipinski definition) is 4. The summed E-state index contributed by atoms with van der Waals surface area (Å²) in [7, 11) is -3.36. The number of nitrogens with one attached hydrogen (secondary N) is 1. The molecule has 1 aromatic carbocycles. The van der Waals surface area contributed by atoms with E-state index in [1.54, 1.807) is 28.3 Å². The van der Waals surface area contributed by atoms with Gasteiger partial charge in [-0.1, -0.05) is 6.07 Å². The fourth-order valence-electron chi connectivity index (χ4n) is 4.17. The molecule has 29 heavy (non-hydrogen) atoms. The Morgan fingerprint density at radius 1 is 1.28 bits per heavy atom. The lowest BCUT2D eigenvalue weighted by Gasteiger charge is -2.27. The van der Waals surface area contributed by atoms with Crippen molar-refractivity contribution in [1.82, 2.24) is 14.1 Å². The van der Waals surface area contributed by atoms with Crippen LogP contribution in [0, 0.1) is 12.7 Å². The number of sulfonamides is 1. The summed E-state index contributed by atoms with van der Waals surface area (Å²) in [4.78, 5) is 16.6. The molecule has 0 unspecified atom stereocenters. The number of halogens is 1. The van der Waals surface area contributed by atoms with Crippen molar-refractivity contribution in [2.45, 2.75) is 38.6 Å². The lowest BCUT2D eigenvalue weighted by Crippen LogP contribution is -2.44. The van der Waals surface area contributed by atoms with Gasteiger partial charge >= 0.3 is 6.03 Å². The Kier molecular flexibility index (Phi) is 7.13. The van der Waals surface area contributed by atoms with E-state index in [9.17, 15) is 17.6 Å². The Morgan fingerprint density at radius 2 is 2.00 bits per heavy atom. The number of rotatable bonds is 7. The smallest absolute Gasteiger partial charge is 0.321 e. The van der Waals surface area contributed by atoms with E-state index in [1.807, 2.05) is 0 Å². The second-order valence-corrected chi connectivity index (χ2v) is 9.94. The zero-order valence-electron chi connectivity index (χ0n) is 17.2. The highest BCUT2D eigenvalue weighted by atomic mass is 32.2. The number of carbonyl (C=O) groups is 1. The highest BCUT2D eigenvalue weighted by molar-refractivity contribution is 7.88. The Hall–Kier alpha value is -1.71. The predicted molar refractivity (Wildman–Crippen MR) is 112 cm³/mol. The van der Waals surface area contributed by atoms with Gasteiger partial charge in [-0.05, 0) is 64.4 Å². The van der Waals surface area contributed by atoms with Crippen LogP contribution in [0.3, 0.4) is 0 Å². The maximum Gasteiger partial charge on any atom is 0.321 e. The number of amides is 2. The standard InChI is InChI=1S/C20H31FN4O3S/c1-16-18(21)7-5-8-19(16)22-20(26)24-14-9-17(15-24)25(29(2,27)28)13-6-12-23-10-3-4-11-23/h5,7-8,17H,3-4,6,9-15H2,1-2H3,(H,22,26)/t17-/m0/s1. The molecule has 7 nitrogen and oxygen atoms in total. The lowest BCUT2D eigenvalue weighted by molar-refractivity contribution is 0.217. The van der Waals surface area contributed by atoms with Gasteiger partial charge < -0.3 is 15.1 Å². The first kappa shape index (κ1) is 22.0. The van der Waals surface area contributed by atoms with Crippen LogP contribution in [0.15, 0.2) is 18.2 Å². The fourth-order valence-corrected chi connectivity index (χ4v) is 5.35. The van der Waals surface area contributed by atoms with E-state index in [0.717, 1.165) is 26.1 Å². The quantitative estimate of drug-likeness (QED) is 0.727. The molecule has 1 aromatic rings. The summed E-state index contributed by atoms with van der Waals surface area (Å²) in [5.41, 5.74) is 0.820. The molecule has 2 aliphatic heterocycles. The van der Waals surface area contributed by atoms with E-state index < -0.39 is 10.0 Å². The van der Waals surface area contributed by atoms with Crippen molar-refractivity contribution in [3.05, 3.63) is 29.6 Å². The summed E-state index contributed by atoms with van der Waals surface area (Å²) < 4.78 is 39.9. The molecule has 3 rings (SSSR count). The molecular formula is C20H31FN4O3S. The van der Waals surface area contributed by atoms with E-state index in [4.69, 9.17) is 0 Å². The van der Waals surface area contributed by atoms with Crippen LogP contribution in [0.25, 0.3) is 0 Å². The summed E-state index contributed by atoms with van der Waals surface area (Å²) in [6.07, 6.45) is 5.06. The molecular weight excluding hydrogens is 395 g/mol. The number of benzene rings is 1. The van der Waals surface area contributed by atoms with Gasteiger partial charge in [0.2, 0.25) is 10.0 Å². The van der Waals surface area contributed by atoms with Gasteiger partial charge in [-0.25, -0.2) is 17.6 Å². The first-order valence-electron chi connectivity index (χ1n) is 10.3. The molecule has 0 spiro atoms. The molecule has 2 saturated heterocycles. The molecule has 9 heteroatoms. The molecule has 0 aromatic heterocycles. The highest BCUT2D eigenvalue weighted by Gasteiger charge is 2.34. The third-order valence-electron chi connectivity index (χ3n) is 5.84. The fraction of sp³-hybridized carbons (Fsp3) is 0.650. The van der Waals surface area contributed by atoms with Crippen LogP contribution in [0.2, 0.25) is 0 Å². The molecule has 2 aliphatic rings. The van der Waals surface area contributed by atoms with Crippen molar-refractivity contribution >= 4 is 21.7 Å². The van der Waals surface area contributed by atoms with Crippen molar-refractivity contribution < 1.29 is 17.6 Å². The average molecular weight is 427 g/mol. The minimum Gasteiger partial charge on any atom is -0.323 e. The third kappa shape index (κ3) is 5.67. The Balaban J connectivity index is 1.57. The van der Waals surface area contributed by atoms with E-state index in [1.165, 1.54) is 25.2 Å². The number of likely N-dealkylation sites (tertiary alicyclic amines) is 2. The van der Waals surface area contributed by atoms with Gasteiger partial charge in [0, 0.05) is 36.9 Å². The minimum absolute atomic E-state index is 0.220. The molecule has 0 bridgehead atoms. The van der Waals surface area contributed by atoms with Gasteiger partial charge in [0.05, 0.1) is 6.26 Å². The van der Waals surface area contributed by atoms with Crippen LogP contribution in [-0.2, 0) is 10.0 Å². The Morgan fingerprint density at radius 3 is 2.69 bits per heavy atom. The summed E-state index contributed by atoms with van der Waals surface area (Å²) in [6, 6.07) is 4.01. The van der Waals surface area contributed by atoms with Crippen LogP contribution >= 0.6 is 0 Å². The highest BCUT2D eigenvalue weighted by Crippen LogP contribution is 2.22. The predicted octanol–water partition coefficient (Wildman–Crippen LogP) is 2.49. The van der Waals surface area contributed by atoms with Crippen molar-refractivity contribution in [2.24, 2.45) is 0 Å². The zero-order chi connectivity index (χ0) is 21.0. The minimum atomic E-state index is -3.36. The van der Waals surface area contributed by atoms with Crippen LogP contribution in [0.4, 0.5) is 14.9 Å². The number of carbonyl (C=O) groups excluding carboxylic acids is 1. The second kappa shape index (κ2) is 9.40. The van der Waals surface area contributed by atoms with Gasteiger partial charge in [-0.3, -0.25) is 0 Å². The molecule has 2 fully saturated rings.